The lowest BCUT2D eigenvalue weighted by Gasteiger charge is -2.29. The van der Waals surface area contributed by atoms with Crippen molar-refractivity contribution in [1.29, 1.82) is 0 Å². The summed E-state index contributed by atoms with van der Waals surface area (Å²) in [5, 5.41) is 9.51. The first-order valence-corrected chi connectivity index (χ1v) is 7.02. The van der Waals surface area contributed by atoms with Gasteiger partial charge in [-0.1, -0.05) is 17.7 Å². The summed E-state index contributed by atoms with van der Waals surface area (Å²) in [6, 6.07) is 6.15. The van der Waals surface area contributed by atoms with E-state index in [0.29, 0.717) is 0 Å². The molecule has 0 radical (unpaired) electrons. The zero-order valence-corrected chi connectivity index (χ0v) is 12.0. The lowest BCUT2D eigenvalue weighted by atomic mass is 9.86. The highest BCUT2D eigenvalue weighted by molar-refractivity contribution is 5.95. The zero-order chi connectivity index (χ0) is 14.0. The number of carbonyl (C=O) groups excluding carboxylic acids is 1. The molecule has 0 unspecified atom stereocenters. The maximum Gasteiger partial charge on any atom is 0.229 e. The van der Waals surface area contributed by atoms with E-state index in [-0.39, 0.29) is 17.9 Å². The standard InChI is InChI=1S/C16H23NO2/c1-11-4-9-15(12(2)10-11)17(3)16(19)13-5-7-14(18)8-6-13/h4,9-10,13-14,18H,5-8H2,1-3H3. The molecular formula is C16H23NO2. The second kappa shape index (κ2) is 5.74. The van der Waals surface area contributed by atoms with E-state index < -0.39 is 0 Å². The summed E-state index contributed by atoms with van der Waals surface area (Å²) < 4.78 is 0. The second-order valence-corrected chi connectivity index (χ2v) is 5.69. The van der Waals surface area contributed by atoms with Crippen LogP contribution in [0.15, 0.2) is 18.2 Å². The molecule has 0 spiro atoms. The van der Waals surface area contributed by atoms with Gasteiger partial charge in [0, 0.05) is 18.7 Å². The molecule has 3 heteroatoms. The van der Waals surface area contributed by atoms with Crippen LogP contribution >= 0.6 is 0 Å². The van der Waals surface area contributed by atoms with Crippen molar-refractivity contribution in [2.24, 2.45) is 5.92 Å². The van der Waals surface area contributed by atoms with Gasteiger partial charge in [-0.25, -0.2) is 0 Å². The van der Waals surface area contributed by atoms with Gasteiger partial charge >= 0.3 is 0 Å². The molecule has 1 N–H and O–H groups in total. The zero-order valence-electron chi connectivity index (χ0n) is 12.0. The fraction of sp³-hybridized carbons (Fsp3) is 0.562. The van der Waals surface area contributed by atoms with E-state index in [2.05, 4.69) is 13.0 Å². The van der Waals surface area contributed by atoms with E-state index in [4.69, 9.17) is 0 Å². The Hall–Kier alpha value is -1.35. The van der Waals surface area contributed by atoms with Gasteiger partial charge in [0.15, 0.2) is 0 Å². The predicted octanol–water partition coefficient (Wildman–Crippen LogP) is 2.82. The first kappa shape index (κ1) is 14.1. The van der Waals surface area contributed by atoms with Crippen LogP contribution in [0.4, 0.5) is 5.69 Å². The molecule has 104 valence electrons. The number of aliphatic hydroxyl groups is 1. The summed E-state index contributed by atoms with van der Waals surface area (Å²) in [5.74, 6) is 0.243. The number of hydrogen-bond donors (Lipinski definition) is 1. The molecule has 3 nitrogen and oxygen atoms in total. The SMILES string of the molecule is Cc1ccc(N(C)C(=O)C2CCC(O)CC2)c(C)c1. The van der Waals surface area contributed by atoms with Gasteiger partial charge < -0.3 is 10.0 Å². The molecule has 0 aliphatic heterocycles. The quantitative estimate of drug-likeness (QED) is 0.889. The number of carbonyl (C=O) groups is 1. The number of nitrogens with zero attached hydrogens (tertiary/aromatic N) is 1. The summed E-state index contributed by atoms with van der Waals surface area (Å²) in [6.07, 6.45) is 2.88. The minimum Gasteiger partial charge on any atom is -0.393 e. The van der Waals surface area contributed by atoms with E-state index in [9.17, 15) is 9.90 Å². The van der Waals surface area contributed by atoms with Gasteiger partial charge in [0.1, 0.15) is 0 Å². The molecule has 1 aliphatic rings. The third-order valence-corrected chi connectivity index (χ3v) is 4.09. The highest BCUT2D eigenvalue weighted by Gasteiger charge is 2.28. The van der Waals surface area contributed by atoms with Crippen LogP contribution in [0.25, 0.3) is 0 Å². The fourth-order valence-corrected chi connectivity index (χ4v) is 2.90. The minimum absolute atomic E-state index is 0.0640. The van der Waals surface area contributed by atoms with Crippen molar-refractivity contribution in [3.63, 3.8) is 0 Å². The van der Waals surface area contributed by atoms with E-state index in [1.165, 1.54) is 5.56 Å². The van der Waals surface area contributed by atoms with Crippen molar-refractivity contribution < 1.29 is 9.90 Å². The maximum absolute atomic E-state index is 12.5. The molecule has 19 heavy (non-hydrogen) atoms. The Morgan fingerprint density at radius 1 is 1.21 bits per heavy atom. The van der Waals surface area contributed by atoms with Crippen molar-refractivity contribution in [2.45, 2.75) is 45.6 Å². The molecule has 1 saturated carbocycles. The summed E-state index contributed by atoms with van der Waals surface area (Å²) >= 11 is 0. The number of amides is 1. The molecule has 1 aromatic carbocycles. The topological polar surface area (TPSA) is 40.5 Å². The highest BCUT2D eigenvalue weighted by atomic mass is 16.3. The summed E-state index contributed by atoms with van der Waals surface area (Å²) in [7, 11) is 1.85. The molecule has 0 aromatic heterocycles. The Labute approximate surface area is 115 Å². The molecule has 0 atom stereocenters. The Morgan fingerprint density at radius 3 is 2.42 bits per heavy atom. The van der Waals surface area contributed by atoms with Gasteiger partial charge in [-0.2, -0.15) is 0 Å². The first-order valence-electron chi connectivity index (χ1n) is 7.02. The van der Waals surface area contributed by atoms with Gasteiger partial charge in [-0.15, -0.1) is 0 Å². The molecule has 2 rings (SSSR count). The van der Waals surface area contributed by atoms with E-state index >= 15 is 0 Å². The normalized spacial score (nSPS) is 23.2. The number of benzene rings is 1. The number of hydrogen-bond acceptors (Lipinski definition) is 2. The molecule has 0 heterocycles. The van der Waals surface area contributed by atoms with Crippen LogP contribution in [0.5, 0.6) is 0 Å². The molecule has 0 bridgehead atoms. The van der Waals surface area contributed by atoms with Gasteiger partial charge in [0.25, 0.3) is 0 Å². The average Bonchev–Trinajstić information content (AvgIpc) is 2.38. The van der Waals surface area contributed by atoms with Crippen LogP contribution in [0.1, 0.15) is 36.8 Å². The van der Waals surface area contributed by atoms with Crippen LogP contribution in [0.3, 0.4) is 0 Å². The van der Waals surface area contributed by atoms with E-state index in [1.807, 2.05) is 26.1 Å². The van der Waals surface area contributed by atoms with E-state index in [1.54, 1.807) is 4.90 Å². The summed E-state index contributed by atoms with van der Waals surface area (Å²) in [5.41, 5.74) is 3.33. The van der Waals surface area contributed by atoms with Crippen molar-refractivity contribution in [3.05, 3.63) is 29.3 Å². The number of rotatable bonds is 2. The van der Waals surface area contributed by atoms with Crippen molar-refractivity contribution >= 4 is 11.6 Å². The van der Waals surface area contributed by atoms with Crippen molar-refractivity contribution in [3.8, 4) is 0 Å². The largest absolute Gasteiger partial charge is 0.393 e. The monoisotopic (exact) mass is 261 g/mol. The average molecular weight is 261 g/mol. The van der Waals surface area contributed by atoms with Crippen LogP contribution in [0.2, 0.25) is 0 Å². The number of anilines is 1. The number of aliphatic hydroxyl groups excluding tert-OH is 1. The molecule has 1 fully saturated rings. The third kappa shape index (κ3) is 3.16. The Bertz CT molecular complexity index is 462. The Morgan fingerprint density at radius 2 is 1.84 bits per heavy atom. The van der Waals surface area contributed by atoms with Gasteiger partial charge in [-0.05, 0) is 51.2 Å². The summed E-state index contributed by atoms with van der Waals surface area (Å²) in [4.78, 5) is 14.3. The Kier molecular flexibility index (Phi) is 4.25. The van der Waals surface area contributed by atoms with Crippen molar-refractivity contribution in [2.75, 3.05) is 11.9 Å². The van der Waals surface area contributed by atoms with Crippen molar-refractivity contribution in [1.82, 2.24) is 0 Å². The van der Waals surface area contributed by atoms with Crippen LogP contribution in [-0.2, 0) is 4.79 Å². The predicted molar refractivity (Wildman–Crippen MR) is 77.3 cm³/mol. The minimum atomic E-state index is -0.213. The third-order valence-electron chi connectivity index (χ3n) is 4.09. The summed E-state index contributed by atoms with van der Waals surface area (Å²) in [6.45, 7) is 4.10. The van der Waals surface area contributed by atoms with Gasteiger partial charge in [0.05, 0.1) is 6.10 Å². The van der Waals surface area contributed by atoms with Gasteiger partial charge in [-0.3, -0.25) is 4.79 Å². The molecule has 1 aromatic rings. The Balaban J connectivity index is 2.10. The number of aryl methyl sites for hydroxylation is 2. The molecule has 0 saturated heterocycles. The van der Waals surface area contributed by atoms with Crippen LogP contribution in [0, 0.1) is 19.8 Å². The maximum atomic E-state index is 12.5. The molecular weight excluding hydrogens is 238 g/mol. The molecule has 1 amide bonds. The lowest BCUT2D eigenvalue weighted by Crippen LogP contribution is -2.36. The smallest absolute Gasteiger partial charge is 0.229 e. The first-order chi connectivity index (χ1) is 8.99. The van der Waals surface area contributed by atoms with E-state index in [0.717, 1.165) is 36.9 Å². The second-order valence-electron chi connectivity index (χ2n) is 5.69. The van der Waals surface area contributed by atoms with Gasteiger partial charge in [0.2, 0.25) is 5.91 Å². The fourth-order valence-electron chi connectivity index (χ4n) is 2.90. The van der Waals surface area contributed by atoms with Crippen LogP contribution in [-0.4, -0.2) is 24.2 Å². The van der Waals surface area contributed by atoms with Crippen LogP contribution < -0.4 is 4.90 Å². The highest BCUT2D eigenvalue weighted by Crippen LogP contribution is 2.28. The lowest BCUT2D eigenvalue weighted by molar-refractivity contribution is -0.123. The molecule has 1 aliphatic carbocycles.